The van der Waals surface area contributed by atoms with Crippen molar-refractivity contribution in [2.24, 2.45) is 5.92 Å². The molecule has 3 rings (SSSR count). The number of halogens is 1. The number of hydrogen-bond donors (Lipinski definition) is 1. The number of fused-ring (bicyclic) bond motifs is 1. The Labute approximate surface area is 163 Å². The molecule has 0 aromatic heterocycles. The Morgan fingerprint density at radius 2 is 1.81 bits per heavy atom. The Kier molecular flexibility index (Phi) is 5.91. The van der Waals surface area contributed by atoms with Crippen molar-refractivity contribution in [1.82, 2.24) is 0 Å². The number of ketones is 1. The highest BCUT2D eigenvalue weighted by Crippen LogP contribution is 2.28. The summed E-state index contributed by atoms with van der Waals surface area (Å²) in [6, 6.07) is 14.4. The highest BCUT2D eigenvalue weighted by Gasteiger charge is 2.30. The van der Waals surface area contributed by atoms with E-state index in [9.17, 15) is 14.4 Å². The molecule has 1 aliphatic heterocycles. The van der Waals surface area contributed by atoms with E-state index in [1.54, 1.807) is 29.2 Å². The van der Waals surface area contributed by atoms with Crippen LogP contribution in [0.1, 0.15) is 25.3 Å². The molecule has 6 heteroatoms. The standard InChI is InChI=1S/C21H21ClN2O3/c1-14(25)18(21(27)23-17-10-8-16(22)9-11-17)13-20(26)24-12-4-6-15-5-2-3-7-19(15)24/h2-3,5,7-11,18H,4,6,12-13H2,1H3,(H,23,27). The summed E-state index contributed by atoms with van der Waals surface area (Å²) < 4.78 is 0. The average Bonchev–Trinajstić information content (AvgIpc) is 2.67. The van der Waals surface area contributed by atoms with Crippen LogP contribution in [0.15, 0.2) is 48.5 Å². The number of para-hydroxylation sites is 1. The van der Waals surface area contributed by atoms with Gasteiger partial charge in [-0.05, 0) is 55.7 Å². The number of aryl methyl sites for hydroxylation is 1. The van der Waals surface area contributed by atoms with E-state index >= 15 is 0 Å². The molecule has 2 amide bonds. The van der Waals surface area contributed by atoms with Gasteiger partial charge in [0, 0.05) is 29.4 Å². The zero-order valence-corrected chi connectivity index (χ0v) is 15.8. The first-order valence-electron chi connectivity index (χ1n) is 8.91. The van der Waals surface area contributed by atoms with E-state index < -0.39 is 11.8 Å². The third kappa shape index (κ3) is 4.55. The van der Waals surface area contributed by atoms with Crippen molar-refractivity contribution in [1.29, 1.82) is 0 Å². The van der Waals surface area contributed by atoms with Crippen molar-refractivity contribution in [3.8, 4) is 0 Å². The summed E-state index contributed by atoms with van der Waals surface area (Å²) in [5.41, 5.74) is 2.52. The molecule has 1 N–H and O–H groups in total. The maximum atomic E-state index is 12.9. The Morgan fingerprint density at radius 1 is 1.11 bits per heavy atom. The first-order chi connectivity index (χ1) is 13.0. The lowest BCUT2D eigenvalue weighted by atomic mass is 9.96. The average molecular weight is 385 g/mol. The number of carbonyl (C=O) groups excluding carboxylic acids is 3. The largest absolute Gasteiger partial charge is 0.325 e. The third-order valence-electron chi connectivity index (χ3n) is 4.71. The van der Waals surface area contributed by atoms with Gasteiger partial charge in [0.2, 0.25) is 11.8 Å². The molecule has 1 aliphatic rings. The van der Waals surface area contributed by atoms with Crippen molar-refractivity contribution in [2.75, 3.05) is 16.8 Å². The van der Waals surface area contributed by atoms with E-state index in [0.29, 0.717) is 17.3 Å². The van der Waals surface area contributed by atoms with Gasteiger partial charge in [0.25, 0.3) is 0 Å². The minimum Gasteiger partial charge on any atom is -0.325 e. The summed E-state index contributed by atoms with van der Waals surface area (Å²) in [4.78, 5) is 39.1. The summed E-state index contributed by atoms with van der Waals surface area (Å²) in [6.07, 6.45) is 1.64. The molecule has 2 aromatic carbocycles. The molecule has 140 valence electrons. The second-order valence-electron chi connectivity index (χ2n) is 6.64. The fourth-order valence-electron chi connectivity index (χ4n) is 3.26. The van der Waals surface area contributed by atoms with E-state index in [1.165, 1.54) is 6.92 Å². The number of carbonyl (C=O) groups is 3. The Morgan fingerprint density at radius 3 is 2.52 bits per heavy atom. The number of anilines is 2. The lowest BCUT2D eigenvalue weighted by molar-refractivity contribution is -0.134. The van der Waals surface area contributed by atoms with Gasteiger partial charge in [0.05, 0.1) is 0 Å². The fourth-order valence-corrected chi connectivity index (χ4v) is 3.39. The van der Waals surface area contributed by atoms with Crippen molar-refractivity contribution in [3.05, 3.63) is 59.1 Å². The fraction of sp³-hybridized carbons (Fsp3) is 0.286. The van der Waals surface area contributed by atoms with Crippen molar-refractivity contribution in [2.45, 2.75) is 26.2 Å². The number of Topliss-reactive ketones (excluding diaryl/α,β-unsaturated/α-hetero) is 1. The van der Waals surface area contributed by atoms with Crippen LogP contribution in [0.5, 0.6) is 0 Å². The molecule has 2 aromatic rings. The molecule has 1 atom stereocenters. The molecule has 0 saturated carbocycles. The molecule has 0 saturated heterocycles. The van der Waals surface area contributed by atoms with Crippen LogP contribution in [0.3, 0.4) is 0 Å². The topological polar surface area (TPSA) is 66.5 Å². The lowest BCUT2D eigenvalue weighted by Gasteiger charge is -2.30. The monoisotopic (exact) mass is 384 g/mol. The van der Waals surface area contributed by atoms with E-state index in [2.05, 4.69) is 5.32 Å². The highest BCUT2D eigenvalue weighted by atomic mass is 35.5. The van der Waals surface area contributed by atoms with Gasteiger partial charge in [0.1, 0.15) is 11.7 Å². The molecule has 1 heterocycles. The van der Waals surface area contributed by atoms with Gasteiger partial charge in [-0.25, -0.2) is 0 Å². The van der Waals surface area contributed by atoms with Gasteiger partial charge in [0.15, 0.2) is 0 Å². The molecule has 0 spiro atoms. The SMILES string of the molecule is CC(=O)C(CC(=O)N1CCCc2ccccc21)C(=O)Nc1ccc(Cl)cc1. The van der Waals surface area contributed by atoms with Gasteiger partial charge in [-0.15, -0.1) is 0 Å². The Hall–Kier alpha value is -2.66. The molecule has 0 bridgehead atoms. The van der Waals surface area contributed by atoms with E-state index in [4.69, 9.17) is 11.6 Å². The number of rotatable bonds is 5. The van der Waals surface area contributed by atoms with E-state index in [-0.39, 0.29) is 18.1 Å². The minimum absolute atomic E-state index is 0.150. The second-order valence-corrected chi connectivity index (χ2v) is 7.08. The first kappa shape index (κ1) is 19.1. The maximum Gasteiger partial charge on any atom is 0.235 e. The van der Waals surface area contributed by atoms with Gasteiger partial charge in [-0.2, -0.15) is 0 Å². The van der Waals surface area contributed by atoms with Crippen molar-refractivity contribution < 1.29 is 14.4 Å². The predicted molar refractivity (Wildman–Crippen MR) is 106 cm³/mol. The molecule has 0 aliphatic carbocycles. The molecule has 0 radical (unpaired) electrons. The number of hydrogen-bond acceptors (Lipinski definition) is 3. The zero-order valence-electron chi connectivity index (χ0n) is 15.1. The second kappa shape index (κ2) is 8.35. The van der Waals surface area contributed by atoms with Gasteiger partial charge < -0.3 is 10.2 Å². The van der Waals surface area contributed by atoms with Gasteiger partial charge in [-0.1, -0.05) is 29.8 Å². The van der Waals surface area contributed by atoms with Crippen molar-refractivity contribution >= 4 is 40.6 Å². The van der Waals surface area contributed by atoms with Crippen LogP contribution in [0.25, 0.3) is 0 Å². The third-order valence-corrected chi connectivity index (χ3v) is 4.96. The number of nitrogens with zero attached hydrogens (tertiary/aromatic N) is 1. The molecular weight excluding hydrogens is 364 g/mol. The van der Waals surface area contributed by atoms with E-state index in [0.717, 1.165) is 24.1 Å². The van der Waals surface area contributed by atoms with Gasteiger partial charge in [-0.3, -0.25) is 14.4 Å². The summed E-state index contributed by atoms with van der Waals surface area (Å²) in [5.74, 6) is -2.06. The molecular formula is C21H21ClN2O3. The zero-order chi connectivity index (χ0) is 19.4. The number of nitrogens with one attached hydrogen (secondary N) is 1. The summed E-state index contributed by atoms with van der Waals surface area (Å²) in [7, 11) is 0. The first-order valence-corrected chi connectivity index (χ1v) is 9.28. The van der Waals surface area contributed by atoms with Crippen molar-refractivity contribution in [3.63, 3.8) is 0 Å². The van der Waals surface area contributed by atoms with Crippen LogP contribution >= 0.6 is 11.6 Å². The number of amides is 2. The van der Waals surface area contributed by atoms with Crippen LogP contribution < -0.4 is 10.2 Å². The maximum absolute atomic E-state index is 12.9. The quantitative estimate of drug-likeness (QED) is 0.796. The molecule has 1 unspecified atom stereocenters. The van der Waals surface area contributed by atoms with Crippen LogP contribution in [-0.2, 0) is 20.8 Å². The molecule has 27 heavy (non-hydrogen) atoms. The lowest BCUT2D eigenvalue weighted by Crippen LogP contribution is -2.39. The molecule has 0 fully saturated rings. The summed E-state index contributed by atoms with van der Waals surface area (Å²) in [6.45, 7) is 1.93. The van der Waals surface area contributed by atoms with Crippen LogP contribution in [0.4, 0.5) is 11.4 Å². The normalized spacial score (nSPS) is 14.2. The van der Waals surface area contributed by atoms with Crippen LogP contribution in [0.2, 0.25) is 5.02 Å². The minimum atomic E-state index is -1.03. The molecule has 5 nitrogen and oxygen atoms in total. The smallest absolute Gasteiger partial charge is 0.235 e. The summed E-state index contributed by atoms with van der Waals surface area (Å²) in [5, 5.41) is 3.24. The van der Waals surface area contributed by atoms with E-state index in [1.807, 2.05) is 24.3 Å². The highest BCUT2D eigenvalue weighted by molar-refractivity contribution is 6.30. The Balaban J connectivity index is 1.73. The summed E-state index contributed by atoms with van der Waals surface area (Å²) >= 11 is 5.84. The Bertz CT molecular complexity index is 864. The van der Waals surface area contributed by atoms with Crippen LogP contribution in [0, 0.1) is 5.92 Å². The van der Waals surface area contributed by atoms with Gasteiger partial charge >= 0.3 is 0 Å². The van der Waals surface area contributed by atoms with Crippen LogP contribution in [-0.4, -0.2) is 24.1 Å². The number of benzene rings is 2. The predicted octanol–water partition coefficient (Wildman–Crippen LogP) is 3.85.